The van der Waals surface area contributed by atoms with E-state index in [1.54, 1.807) is 6.92 Å². The van der Waals surface area contributed by atoms with Gasteiger partial charge in [0.05, 0.1) is 16.8 Å². The zero-order valence-corrected chi connectivity index (χ0v) is 15.6. The molecule has 0 radical (unpaired) electrons. The van der Waals surface area contributed by atoms with Gasteiger partial charge in [-0.1, -0.05) is 24.3 Å². The number of nitrogens with zero attached hydrogens (tertiary/aromatic N) is 2. The van der Waals surface area contributed by atoms with Crippen molar-refractivity contribution < 1.29 is 18.0 Å². The highest BCUT2D eigenvalue weighted by Gasteiger charge is 2.30. The summed E-state index contributed by atoms with van der Waals surface area (Å²) in [6.45, 7) is 5.54. The number of aryl methyl sites for hydroxylation is 2. The van der Waals surface area contributed by atoms with E-state index in [0.29, 0.717) is 22.5 Å². The summed E-state index contributed by atoms with van der Waals surface area (Å²) in [6.07, 6.45) is -3.01. The molecule has 2 aromatic carbocycles. The lowest BCUT2D eigenvalue weighted by atomic mass is 10.1. The SMILES string of the molecule is Cc1cccc(NC(=O)c2cnc(-c3ccc(C(F)(F)F)cc3)nc2C)c1C. The molecule has 3 rings (SSSR count). The Labute approximate surface area is 160 Å². The highest BCUT2D eigenvalue weighted by Crippen LogP contribution is 2.30. The van der Waals surface area contributed by atoms with Gasteiger partial charge in [0.25, 0.3) is 5.91 Å². The molecule has 0 saturated heterocycles. The fourth-order valence-electron chi connectivity index (χ4n) is 2.71. The van der Waals surface area contributed by atoms with Crippen LogP contribution in [0.15, 0.2) is 48.7 Å². The topological polar surface area (TPSA) is 54.9 Å². The number of carbonyl (C=O) groups is 1. The van der Waals surface area contributed by atoms with Crippen molar-refractivity contribution in [2.45, 2.75) is 26.9 Å². The number of halogens is 3. The quantitative estimate of drug-likeness (QED) is 0.662. The first-order valence-corrected chi connectivity index (χ1v) is 8.55. The minimum absolute atomic E-state index is 0.259. The predicted octanol–water partition coefficient (Wildman–Crippen LogP) is 5.34. The number of carbonyl (C=O) groups excluding carboxylic acids is 1. The van der Waals surface area contributed by atoms with E-state index in [1.165, 1.54) is 18.3 Å². The van der Waals surface area contributed by atoms with E-state index in [4.69, 9.17) is 0 Å². The molecular weight excluding hydrogens is 367 g/mol. The zero-order chi connectivity index (χ0) is 20.5. The van der Waals surface area contributed by atoms with E-state index in [0.717, 1.165) is 23.3 Å². The van der Waals surface area contributed by atoms with E-state index < -0.39 is 11.7 Å². The van der Waals surface area contributed by atoms with Gasteiger partial charge in [-0.2, -0.15) is 13.2 Å². The van der Waals surface area contributed by atoms with Crippen LogP contribution in [0.3, 0.4) is 0 Å². The highest BCUT2D eigenvalue weighted by atomic mass is 19.4. The van der Waals surface area contributed by atoms with Crippen LogP contribution in [0.2, 0.25) is 0 Å². The maximum atomic E-state index is 12.7. The number of nitrogens with one attached hydrogen (secondary N) is 1. The molecule has 0 spiro atoms. The summed E-state index contributed by atoms with van der Waals surface area (Å²) in [6, 6.07) is 10.2. The van der Waals surface area contributed by atoms with Gasteiger partial charge in [0.1, 0.15) is 0 Å². The third kappa shape index (κ3) is 4.03. The summed E-state index contributed by atoms with van der Waals surface area (Å²) in [5.74, 6) is -0.0836. The van der Waals surface area contributed by atoms with Crippen LogP contribution in [-0.4, -0.2) is 15.9 Å². The molecule has 0 fully saturated rings. The van der Waals surface area contributed by atoms with E-state index in [-0.39, 0.29) is 11.7 Å². The maximum Gasteiger partial charge on any atom is 0.416 e. The van der Waals surface area contributed by atoms with E-state index >= 15 is 0 Å². The van der Waals surface area contributed by atoms with Gasteiger partial charge in [-0.25, -0.2) is 9.97 Å². The molecule has 3 aromatic rings. The summed E-state index contributed by atoms with van der Waals surface area (Å²) >= 11 is 0. The number of aromatic nitrogens is 2. The molecule has 0 bridgehead atoms. The van der Waals surface area contributed by atoms with Crippen molar-refractivity contribution in [2.24, 2.45) is 0 Å². The van der Waals surface area contributed by atoms with Crippen LogP contribution in [0.25, 0.3) is 11.4 Å². The molecule has 1 heterocycles. The van der Waals surface area contributed by atoms with Gasteiger partial charge in [-0.05, 0) is 50.1 Å². The summed E-state index contributed by atoms with van der Waals surface area (Å²) < 4.78 is 38.1. The first-order valence-electron chi connectivity index (χ1n) is 8.55. The van der Waals surface area contributed by atoms with E-state index in [1.807, 2.05) is 32.0 Å². The Hall–Kier alpha value is -3.22. The second-order valence-corrected chi connectivity index (χ2v) is 6.47. The Morgan fingerprint density at radius 2 is 1.68 bits per heavy atom. The standard InChI is InChI=1S/C21H18F3N3O/c1-12-5-4-6-18(13(12)2)27-20(28)17-11-25-19(26-14(17)3)15-7-9-16(10-8-15)21(22,23)24/h4-11H,1-3H3,(H,27,28). The smallest absolute Gasteiger partial charge is 0.322 e. The fourth-order valence-corrected chi connectivity index (χ4v) is 2.71. The van der Waals surface area contributed by atoms with Crippen molar-refractivity contribution in [1.82, 2.24) is 9.97 Å². The predicted molar refractivity (Wildman–Crippen MR) is 101 cm³/mol. The molecule has 0 aliphatic carbocycles. The molecule has 0 saturated carbocycles. The normalized spacial score (nSPS) is 11.4. The van der Waals surface area contributed by atoms with Gasteiger partial charge in [0.2, 0.25) is 0 Å². The highest BCUT2D eigenvalue weighted by molar-refractivity contribution is 6.05. The van der Waals surface area contributed by atoms with Crippen LogP contribution in [0.4, 0.5) is 18.9 Å². The molecule has 1 aromatic heterocycles. The Kier molecular flexibility index (Phi) is 5.18. The summed E-state index contributed by atoms with van der Waals surface area (Å²) in [4.78, 5) is 21.0. The molecule has 28 heavy (non-hydrogen) atoms. The van der Waals surface area contributed by atoms with Crippen LogP contribution in [-0.2, 0) is 6.18 Å². The van der Waals surface area contributed by atoms with Gasteiger partial charge in [0.15, 0.2) is 5.82 Å². The third-order valence-electron chi connectivity index (χ3n) is 4.55. The Bertz CT molecular complexity index is 1030. The number of amides is 1. The molecule has 4 nitrogen and oxygen atoms in total. The molecule has 1 amide bonds. The Balaban J connectivity index is 1.84. The average molecular weight is 385 g/mol. The van der Waals surface area contributed by atoms with Gasteiger partial charge in [0, 0.05) is 17.4 Å². The van der Waals surface area contributed by atoms with Gasteiger partial charge < -0.3 is 5.32 Å². The number of hydrogen-bond donors (Lipinski definition) is 1. The van der Waals surface area contributed by atoms with Crippen molar-refractivity contribution in [1.29, 1.82) is 0 Å². The number of benzene rings is 2. The van der Waals surface area contributed by atoms with Crippen LogP contribution in [0, 0.1) is 20.8 Å². The minimum Gasteiger partial charge on any atom is -0.322 e. The maximum absolute atomic E-state index is 12.7. The Morgan fingerprint density at radius 1 is 1.00 bits per heavy atom. The lowest BCUT2D eigenvalue weighted by Crippen LogP contribution is -2.16. The largest absolute Gasteiger partial charge is 0.416 e. The number of anilines is 1. The second-order valence-electron chi connectivity index (χ2n) is 6.47. The average Bonchev–Trinajstić information content (AvgIpc) is 2.64. The fraction of sp³-hybridized carbons (Fsp3) is 0.190. The van der Waals surface area contributed by atoms with Gasteiger partial charge in [-0.15, -0.1) is 0 Å². The number of hydrogen-bond acceptors (Lipinski definition) is 3. The van der Waals surface area contributed by atoms with Crippen LogP contribution < -0.4 is 5.32 Å². The monoisotopic (exact) mass is 385 g/mol. The number of alkyl halides is 3. The molecule has 7 heteroatoms. The molecule has 0 unspecified atom stereocenters. The van der Waals surface area contributed by atoms with Crippen LogP contribution >= 0.6 is 0 Å². The minimum atomic E-state index is -4.40. The first kappa shape index (κ1) is 19.5. The lowest BCUT2D eigenvalue weighted by molar-refractivity contribution is -0.137. The first-order chi connectivity index (χ1) is 13.2. The zero-order valence-electron chi connectivity index (χ0n) is 15.6. The van der Waals surface area contributed by atoms with Gasteiger partial charge >= 0.3 is 6.18 Å². The molecule has 1 N–H and O–H groups in total. The van der Waals surface area contributed by atoms with Gasteiger partial charge in [-0.3, -0.25) is 4.79 Å². The lowest BCUT2D eigenvalue weighted by Gasteiger charge is -2.12. The number of rotatable bonds is 3. The molecule has 0 aliphatic rings. The molecule has 144 valence electrons. The molecule has 0 aliphatic heterocycles. The Morgan fingerprint density at radius 3 is 2.29 bits per heavy atom. The van der Waals surface area contributed by atoms with Crippen molar-refractivity contribution in [3.8, 4) is 11.4 Å². The van der Waals surface area contributed by atoms with Crippen molar-refractivity contribution in [2.75, 3.05) is 5.32 Å². The summed E-state index contributed by atoms with van der Waals surface area (Å²) in [7, 11) is 0. The third-order valence-corrected chi connectivity index (χ3v) is 4.55. The van der Waals surface area contributed by atoms with Crippen LogP contribution in [0.1, 0.15) is 32.7 Å². The van der Waals surface area contributed by atoms with E-state index in [9.17, 15) is 18.0 Å². The summed E-state index contributed by atoms with van der Waals surface area (Å²) in [5.41, 5.74) is 3.18. The van der Waals surface area contributed by atoms with Crippen molar-refractivity contribution in [3.05, 3.63) is 76.6 Å². The second kappa shape index (κ2) is 7.42. The van der Waals surface area contributed by atoms with Crippen molar-refractivity contribution in [3.63, 3.8) is 0 Å². The van der Waals surface area contributed by atoms with Crippen LogP contribution in [0.5, 0.6) is 0 Å². The summed E-state index contributed by atoms with van der Waals surface area (Å²) in [5, 5.41) is 2.85. The van der Waals surface area contributed by atoms with Crippen molar-refractivity contribution >= 4 is 11.6 Å². The molecule has 0 atom stereocenters. The molecular formula is C21H18F3N3O. The van der Waals surface area contributed by atoms with E-state index in [2.05, 4.69) is 15.3 Å².